The highest BCUT2D eigenvalue weighted by Crippen LogP contribution is 2.07. The molecule has 0 bridgehead atoms. The van der Waals surface area contributed by atoms with E-state index in [1.54, 1.807) is 0 Å². The summed E-state index contributed by atoms with van der Waals surface area (Å²) in [6.07, 6.45) is 7.34. The molecule has 0 spiro atoms. The normalized spacial score (nSPS) is 8.42. The van der Waals surface area contributed by atoms with E-state index in [2.05, 4.69) is 31.0 Å². The first-order valence-corrected chi connectivity index (χ1v) is 8.18. The summed E-state index contributed by atoms with van der Waals surface area (Å²) in [6, 6.07) is 24.1. The molecule has 0 aliphatic heterocycles. The molecule has 0 fully saturated rings. The van der Waals surface area contributed by atoms with E-state index in [-0.39, 0.29) is 27.0 Å². The van der Waals surface area contributed by atoms with Crippen LogP contribution < -0.4 is 0 Å². The summed E-state index contributed by atoms with van der Waals surface area (Å²) >= 11 is 0. The van der Waals surface area contributed by atoms with Gasteiger partial charge in [-0.25, -0.2) is 0 Å². The molecular weight excluding hydrogens is 330 g/mol. The molecule has 3 rings (SSSR count). The topological polar surface area (TPSA) is 12.9 Å². The maximum atomic E-state index is 4.18. The number of rotatable bonds is 3. The van der Waals surface area contributed by atoms with Crippen LogP contribution in [0.15, 0.2) is 79.0 Å². The Hall–Kier alpha value is -1.45. The zero-order valence-electron chi connectivity index (χ0n) is 14.8. The second-order valence-corrected chi connectivity index (χ2v) is 5.06. The first-order chi connectivity index (χ1) is 10.9. The molecule has 2 aromatic carbocycles. The molecular formula is C21H31NS2. The van der Waals surface area contributed by atoms with Crippen LogP contribution >= 0.6 is 27.0 Å². The minimum atomic E-state index is 0. The van der Waals surface area contributed by atoms with Gasteiger partial charge >= 0.3 is 0 Å². The third-order valence-electron chi connectivity index (χ3n) is 3.14. The molecule has 0 amide bonds. The molecule has 0 aliphatic rings. The third kappa shape index (κ3) is 12.0. The number of nitrogens with zero attached hydrogens (tertiary/aromatic N) is 1. The summed E-state index contributed by atoms with van der Waals surface area (Å²) in [5.41, 5.74) is 1.06. The highest BCUT2D eigenvalue weighted by molar-refractivity contribution is 7.59. The highest BCUT2D eigenvalue weighted by atomic mass is 32.1. The number of hydrogen-bond acceptors (Lipinski definition) is 1. The molecule has 3 aromatic rings. The van der Waals surface area contributed by atoms with Gasteiger partial charge in [-0.2, -0.15) is 27.0 Å². The maximum absolute atomic E-state index is 4.18. The molecule has 1 nitrogen and oxygen atoms in total. The van der Waals surface area contributed by atoms with Crippen LogP contribution in [-0.2, 0) is 0 Å². The van der Waals surface area contributed by atoms with Crippen LogP contribution in [0, 0.1) is 0 Å². The first-order valence-electron chi connectivity index (χ1n) is 8.18. The van der Waals surface area contributed by atoms with Crippen molar-refractivity contribution >= 4 is 37.9 Å². The Labute approximate surface area is 161 Å². The lowest BCUT2D eigenvalue weighted by Gasteiger charge is -1.91. The van der Waals surface area contributed by atoms with Crippen LogP contribution in [0.1, 0.15) is 39.5 Å². The van der Waals surface area contributed by atoms with Crippen molar-refractivity contribution in [3.05, 3.63) is 79.0 Å². The van der Waals surface area contributed by atoms with Gasteiger partial charge in [0.25, 0.3) is 0 Å². The molecule has 0 unspecified atom stereocenters. The van der Waals surface area contributed by atoms with Crippen LogP contribution in [0.2, 0.25) is 0 Å². The number of pyridine rings is 1. The van der Waals surface area contributed by atoms with E-state index < -0.39 is 0 Å². The average molecular weight is 362 g/mol. The minimum Gasteiger partial charge on any atom is -0.256 e. The lowest BCUT2D eigenvalue weighted by atomic mass is 10.2. The fourth-order valence-electron chi connectivity index (χ4n) is 1.90. The van der Waals surface area contributed by atoms with Gasteiger partial charge in [0, 0.05) is 11.6 Å². The van der Waals surface area contributed by atoms with Gasteiger partial charge in [0.2, 0.25) is 0 Å². The van der Waals surface area contributed by atoms with E-state index in [9.17, 15) is 0 Å². The number of aromatic nitrogens is 1. The number of para-hydroxylation sites is 1. The van der Waals surface area contributed by atoms with E-state index in [0.29, 0.717) is 0 Å². The quantitative estimate of drug-likeness (QED) is 0.471. The standard InChI is InChI=1S/C9H7N.C6H6.C6H14.2H2S/c1-2-6-9-8(4-1)5-3-7-10-9;1-2-4-6-5-3-1;1-3-5-6-4-2;;/h1-7H;1-6H;3-6H2,1-2H3;2*1H2. The average Bonchev–Trinajstić information content (AvgIpc) is 2.62. The summed E-state index contributed by atoms with van der Waals surface area (Å²) in [4.78, 5) is 4.18. The van der Waals surface area contributed by atoms with Crippen molar-refractivity contribution in [1.29, 1.82) is 0 Å². The molecule has 3 heteroatoms. The molecule has 132 valence electrons. The van der Waals surface area contributed by atoms with Gasteiger partial charge in [-0.1, -0.05) is 100 Å². The van der Waals surface area contributed by atoms with Gasteiger partial charge in [0.15, 0.2) is 0 Å². The van der Waals surface area contributed by atoms with Crippen molar-refractivity contribution in [1.82, 2.24) is 4.98 Å². The largest absolute Gasteiger partial charge is 0.256 e. The summed E-state index contributed by atoms with van der Waals surface area (Å²) < 4.78 is 0. The summed E-state index contributed by atoms with van der Waals surface area (Å²) in [5.74, 6) is 0. The smallest absolute Gasteiger partial charge is 0.0701 e. The van der Waals surface area contributed by atoms with E-state index in [0.717, 1.165) is 5.52 Å². The van der Waals surface area contributed by atoms with Gasteiger partial charge < -0.3 is 0 Å². The van der Waals surface area contributed by atoms with E-state index in [1.165, 1.54) is 31.1 Å². The van der Waals surface area contributed by atoms with Crippen molar-refractivity contribution in [2.75, 3.05) is 0 Å². The van der Waals surface area contributed by atoms with Gasteiger partial charge in [-0.15, -0.1) is 0 Å². The van der Waals surface area contributed by atoms with Crippen LogP contribution in [0.5, 0.6) is 0 Å². The van der Waals surface area contributed by atoms with Crippen molar-refractivity contribution in [2.24, 2.45) is 0 Å². The second kappa shape index (κ2) is 17.9. The van der Waals surface area contributed by atoms with Crippen molar-refractivity contribution in [3.8, 4) is 0 Å². The molecule has 0 radical (unpaired) electrons. The summed E-state index contributed by atoms with van der Waals surface area (Å²) in [5, 5.41) is 1.20. The fourth-order valence-corrected chi connectivity index (χ4v) is 1.90. The lowest BCUT2D eigenvalue weighted by molar-refractivity contribution is 0.702. The molecule has 1 heterocycles. The van der Waals surface area contributed by atoms with E-state index in [4.69, 9.17) is 0 Å². The molecule has 0 saturated heterocycles. The molecule has 0 saturated carbocycles. The van der Waals surface area contributed by atoms with Gasteiger partial charge in [-0.3, -0.25) is 4.98 Å². The van der Waals surface area contributed by atoms with Crippen molar-refractivity contribution in [3.63, 3.8) is 0 Å². The highest BCUT2D eigenvalue weighted by Gasteiger charge is 1.86. The van der Waals surface area contributed by atoms with Crippen LogP contribution in [0.3, 0.4) is 0 Å². The second-order valence-electron chi connectivity index (χ2n) is 5.06. The Morgan fingerprint density at radius 1 is 0.625 bits per heavy atom. The maximum Gasteiger partial charge on any atom is 0.0701 e. The van der Waals surface area contributed by atoms with Gasteiger partial charge in [0.05, 0.1) is 5.52 Å². The zero-order chi connectivity index (χ0) is 15.9. The lowest BCUT2D eigenvalue weighted by Crippen LogP contribution is -1.73. The van der Waals surface area contributed by atoms with Crippen LogP contribution in [-0.4, -0.2) is 4.98 Å². The van der Waals surface area contributed by atoms with E-state index in [1.807, 2.05) is 66.9 Å². The molecule has 1 aromatic heterocycles. The number of unbranched alkanes of at least 4 members (excludes halogenated alkanes) is 3. The third-order valence-corrected chi connectivity index (χ3v) is 3.14. The SMILES string of the molecule is CCCCCC.S.S.c1ccc2ncccc2c1.c1ccccc1. The minimum absolute atomic E-state index is 0. The predicted octanol–water partition coefficient (Wildman–Crippen LogP) is 6.73. The van der Waals surface area contributed by atoms with Gasteiger partial charge in [0.1, 0.15) is 0 Å². The number of hydrogen-bond donors (Lipinski definition) is 0. The van der Waals surface area contributed by atoms with E-state index >= 15 is 0 Å². The number of benzene rings is 2. The Bertz CT molecular complexity index is 504. The van der Waals surface area contributed by atoms with Crippen molar-refractivity contribution < 1.29 is 0 Å². The predicted molar refractivity (Wildman–Crippen MR) is 119 cm³/mol. The van der Waals surface area contributed by atoms with Crippen LogP contribution in [0.25, 0.3) is 10.9 Å². The first kappa shape index (κ1) is 24.8. The molecule has 0 aliphatic carbocycles. The Morgan fingerprint density at radius 2 is 1.08 bits per heavy atom. The Morgan fingerprint density at radius 3 is 1.54 bits per heavy atom. The van der Waals surface area contributed by atoms with Crippen LogP contribution in [0.4, 0.5) is 0 Å². The molecule has 24 heavy (non-hydrogen) atoms. The fraction of sp³-hybridized carbons (Fsp3) is 0.286. The summed E-state index contributed by atoms with van der Waals surface area (Å²) in [7, 11) is 0. The summed E-state index contributed by atoms with van der Waals surface area (Å²) in [6.45, 7) is 4.46. The zero-order valence-corrected chi connectivity index (χ0v) is 16.8. The molecule has 0 atom stereocenters. The van der Waals surface area contributed by atoms with Gasteiger partial charge in [-0.05, 0) is 12.1 Å². The molecule has 0 N–H and O–H groups in total. The Balaban J connectivity index is 0. The van der Waals surface area contributed by atoms with Crippen molar-refractivity contribution in [2.45, 2.75) is 39.5 Å². The Kier molecular flexibility index (Phi) is 18.5. The number of fused-ring (bicyclic) bond motifs is 1. The monoisotopic (exact) mass is 361 g/mol.